The number of nitrogens with one attached hydrogen (secondary N) is 1. The lowest BCUT2D eigenvalue weighted by Crippen LogP contribution is -2.36. The van der Waals surface area contributed by atoms with E-state index in [-0.39, 0.29) is 24.8 Å². The normalized spacial score (nSPS) is 14.6. The molecule has 0 aliphatic rings. The van der Waals surface area contributed by atoms with Crippen LogP contribution in [0.1, 0.15) is 13.8 Å². The summed E-state index contributed by atoms with van der Waals surface area (Å²) < 4.78 is 29.4. The topological polar surface area (TPSA) is 75.6 Å². The number of hydrogen-bond donors (Lipinski definition) is 2. The zero-order valence-electron chi connectivity index (χ0n) is 8.86. The quantitative estimate of drug-likeness (QED) is 0.616. The Hall–Kier alpha value is -0.170. The van der Waals surface area contributed by atoms with Crippen LogP contribution in [0.4, 0.5) is 0 Å². The Bertz CT molecular complexity index is 238. The maximum atomic E-state index is 11.2. The molecule has 0 saturated carbocycles. The predicted molar refractivity (Wildman–Crippen MR) is 54.5 cm³/mol. The molecule has 2 N–H and O–H groups in total. The Kier molecular flexibility index (Phi) is 6.26. The molecule has 0 amide bonds. The van der Waals surface area contributed by atoms with Gasteiger partial charge in [-0.2, -0.15) is 0 Å². The third-order valence-corrected chi connectivity index (χ3v) is 3.15. The molecule has 0 aliphatic heterocycles. The van der Waals surface area contributed by atoms with Crippen LogP contribution < -0.4 is 4.72 Å². The first kappa shape index (κ1) is 13.8. The van der Waals surface area contributed by atoms with Crippen molar-refractivity contribution in [3.05, 3.63) is 0 Å². The summed E-state index contributed by atoms with van der Waals surface area (Å²) in [5.74, 6) is -0.0333. The molecule has 0 aliphatic carbocycles. The number of sulfonamides is 1. The van der Waals surface area contributed by atoms with Crippen molar-refractivity contribution in [2.75, 3.05) is 26.0 Å². The van der Waals surface area contributed by atoms with Crippen molar-refractivity contribution in [1.82, 2.24) is 4.72 Å². The van der Waals surface area contributed by atoms with Crippen LogP contribution >= 0.6 is 0 Å². The molecule has 0 bridgehead atoms. The Morgan fingerprint density at radius 3 is 2.43 bits per heavy atom. The van der Waals surface area contributed by atoms with Crippen molar-refractivity contribution in [1.29, 1.82) is 0 Å². The van der Waals surface area contributed by atoms with Crippen molar-refractivity contribution in [3.63, 3.8) is 0 Å². The van der Waals surface area contributed by atoms with E-state index in [1.165, 1.54) is 7.11 Å². The Morgan fingerprint density at radius 1 is 1.43 bits per heavy atom. The summed E-state index contributed by atoms with van der Waals surface area (Å²) in [5, 5.41) is 9.36. The lowest BCUT2D eigenvalue weighted by molar-refractivity contribution is 0.129. The monoisotopic (exact) mass is 225 g/mol. The van der Waals surface area contributed by atoms with Crippen molar-refractivity contribution in [2.45, 2.75) is 20.0 Å². The SMILES string of the molecule is COCCS(=O)(=O)NCC(O)C(C)C. The van der Waals surface area contributed by atoms with Crippen LogP contribution in [-0.4, -0.2) is 45.6 Å². The highest BCUT2D eigenvalue weighted by Crippen LogP contribution is 1.99. The minimum Gasteiger partial charge on any atom is -0.391 e. The summed E-state index contributed by atoms with van der Waals surface area (Å²) in [6, 6.07) is 0. The maximum Gasteiger partial charge on any atom is 0.213 e. The average molecular weight is 225 g/mol. The van der Waals surface area contributed by atoms with E-state index < -0.39 is 16.1 Å². The molecule has 0 heterocycles. The Morgan fingerprint density at radius 2 is 2.00 bits per heavy atom. The summed E-state index contributed by atoms with van der Waals surface area (Å²) >= 11 is 0. The van der Waals surface area contributed by atoms with E-state index in [0.29, 0.717) is 0 Å². The fourth-order valence-corrected chi connectivity index (χ4v) is 1.67. The van der Waals surface area contributed by atoms with E-state index in [4.69, 9.17) is 0 Å². The fraction of sp³-hybridized carbons (Fsp3) is 1.00. The molecule has 0 fully saturated rings. The molecular weight excluding hydrogens is 206 g/mol. The number of aliphatic hydroxyl groups is 1. The van der Waals surface area contributed by atoms with Gasteiger partial charge in [-0.1, -0.05) is 13.8 Å². The Balaban J connectivity index is 3.87. The van der Waals surface area contributed by atoms with Crippen LogP contribution in [0.5, 0.6) is 0 Å². The van der Waals surface area contributed by atoms with Crippen LogP contribution in [-0.2, 0) is 14.8 Å². The van der Waals surface area contributed by atoms with Gasteiger partial charge in [-0.25, -0.2) is 13.1 Å². The van der Waals surface area contributed by atoms with Crippen molar-refractivity contribution in [2.24, 2.45) is 5.92 Å². The first-order valence-corrected chi connectivity index (χ1v) is 6.18. The molecule has 14 heavy (non-hydrogen) atoms. The summed E-state index contributed by atoms with van der Waals surface area (Å²) in [6.45, 7) is 3.87. The number of ether oxygens (including phenoxy) is 1. The third kappa shape index (κ3) is 6.31. The molecule has 86 valence electrons. The second-order valence-electron chi connectivity index (χ2n) is 3.47. The van der Waals surface area contributed by atoms with E-state index in [1.807, 2.05) is 13.8 Å². The summed E-state index contributed by atoms with van der Waals surface area (Å²) in [6.07, 6.45) is -0.646. The maximum absolute atomic E-state index is 11.2. The smallest absolute Gasteiger partial charge is 0.213 e. The number of methoxy groups -OCH3 is 1. The molecule has 5 nitrogen and oxygen atoms in total. The van der Waals surface area contributed by atoms with Gasteiger partial charge in [-0.05, 0) is 5.92 Å². The molecular formula is C8H19NO4S. The van der Waals surface area contributed by atoms with Crippen LogP contribution in [0.2, 0.25) is 0 Å². The van der Waals surface area contributed by atoms with E-state index in [9.17, 15) is 13.5 Å². The summed E-state index contributed by atoms with van der Waals surface area (Å²) in [7, 11) is -1.86. The molecule has 1 unspecified atom stereocenters. The lowest BCUT2D eigenvalue weighted by Gasteiger charge is -2.14. The van der Waals surface area contributed by atoms with Crippen LogP contribution in [0, 0.1) is 5.92 Å². The van der Waals surface area contributed by atoms with Crippen LogP contribution in [0.15, 0.2) is 0 Å². The molecule has 0 aromatic carbocycles. The first-order chi connectivity index (χ1) is 6.39. The second kappa shape index (κ2) is 6.34. The fourth-order valence-electron chi connectivity index (χ4n) is 0.713. The van der Waals surface area contributed by atoms with E-state index in [2.05, 4.69) is 9.46 Å². The second-order valence-corrected chi connectivity index (χ2v) is 5.40. The zero-order valence-corrected chi connectivity index (χ0v) is 9.67. The molecule has 0 radical (unpaired) electrons. The van der Waals surface area contributed by atoms with Gasteiger partial charge in [0.1, 0.15) is 0 Å². The van der Waals surface area contributed by atoms with E-state index in [1.54, 1.807) is 0 Å². The van der Waals surface area contributed by atoms with Crippen molar-refractivity contribution >= 4 is 10.0 Å². The predicted octanol–water partition coefficient (Wildman–Crippen LogP) is -0.431. The van der Waals surface area contributed by atoms with Gasteiger partial charge >= 0.3 is 0 Å². The van der Waals surface area contributed by atoms with Gasteiger partial charge in [0, 0.05) is 13.7 Å². The molecule has 0 aromatic heterocycles. The molecule has 1 atom stereocenters. The zero-order chi connectivity index (χ0) is 11.2. The highest BCUT2D eigenvalue weighted by Gasteiger charge is 2.14. The standard InChI is InChI=1S/C8H19NO4S/c1-7(2)8(10)6-9-14(11,12)5-4-13-3/h7-10H,4-6H2,1-3H3. The first-order valence-electron chi connectivity index (χ1n) is 4.53. The van der Waals surface area contributed by atoms with Gasteiger partial charge in [0.15, 0.2) is 0 Å². The largest absolute Gasteiger partial charge is 0.391 e. The molecule has 0 aromatic rings. The average Bonchev–Trinajstić information content (AvgIpc) is 2.11. The van der Waals surface area contributed by atoms with Crippen LogP contribution in [0.3, 0.4) is 0 Å². The molecule has 0 saturated heterocycles. The van der Waals surface area contributed by atoms with E-state index >= 15 is 0 Å². The third-order valence-electron chi connectivity index (χ3n) is 1.84. The minimum atomic E-state index is -3.31. The molecule has 0 spiro atoms. The van der Waals surface area contributed by atoms with Gasteiger partial charge in [0.25, 0.3) is 0 Å². The number of rotatable bonds is 7. The van der Waals surface area contributed by atoms with Crippen molar-refractivity contribution in [3.8, 4) is 0 Å². The summed E-state index contributed by atoms with van der Waals surface area (Å²) in [4.78, 5) is 0. The van der Waals surface area contributed by atoms with Crippen molar-refractivity contribution < 1.29 is 18.3 Å². The minimum absolute atomic E-state index is 0.0418. The Labute approximate surface area is 85.5 Å². The summed E-state index contributed by atoms with van der Waals surface area (Å²) in [5.41, 5.74) is 0. The van der Waals surface area contributed by atoms with Gasteiger partial charge in [-0.3, -0.25) is 0 Å². The number of aliphatic hydroxyl groups excluding tert-OH is 1. The van der Waals surface area contributed by atoms with Gasteiger partial charge in [0.05, 0.1) is 18.5 Å². The van der Waals surface area contributed by atoms with Gasteiger partial charge in [0.2, 0.25) is 10.0 Å². The highest BCUT2D eigenvalue weighted by molar-refractivity contribution is 7.89. The highest BCUT2D eigenvalue weighted by atomic mass is 32.2. The molecule has 0 rings (SSSR count). The number of hydrogen-bond acceptors (Lipinski definition) is 4. The van der Waals surface area contributed by atoms with Crippen LogP contribution in [0.25, 0.3) is 0 Å². The van der Waals surface area contributed by atoms with Gasteiger partial charge < -0.3 is 9.84 Å². The van der Waals surface area contributed by atoms with E-state index in [0.717, 1.165) is 0 Å². The molecule has 6 heteroatoms. The van der Waals surface area contributed by atoms with Gasteiger partial charge in [-0.15, -0.1) is 0 Å². The lowest BCUT2D eigenvalue weighted by atomic mass is 10.1.